The summed E-state index contributed by atoms with van der Waals surface area (Å²) in [4.78, 5) is 15.6. The van der Waals surface area contributed by atoms with Gasteiger partial charge in [-0.25, -0.2) is 0 Å². The topological polar surface area (TPSA) is 97.9 Å². The molecule has 0 saturated heterocycles. The summed E-state index contributed by atoms with van der Waals surface area (Å²) in [5.74, 6) is -0.791. The maximum absolute atomic E-state index is 11.9. The Bertz CT molecular complexity index is 1710. The molecule has 47 heavy (non-hydrogen) atoms. The van der Waals surface area contributed by atoms with Crippen LogP contribution in [0.25, 0.3) is 18.2 Å². The lowest BCUT2D eigenvalue weighted by atomic mass is 9.81. The van der Waals surface area contributed by atoms with E-state index in [0.717, 1.165) is 58.2 Å². The van der Waals surface area contributed by atoms with Gasteiger partial charge in [0.15, 0.2) is 5.71 Å². The summed E-state index contributed by atoms with van der Waals surface area (Å²) in [5.41, 5.74) is 4.69. The molecule has 1 aromatic heterocycles. The number of nitrogens with zero attached hydrogens (tertiary/aromatic N) is 2. The highest BCUT2D eigenvalue weighted by Crippen LogP contribution is 2.41. The van der Waals surface area contributed by atoms with Crippen LogP contribution in [0.2, 0.25) is 0 Å². The highest BCUT2D eigenvalue weighted by Gasteiger charge is 2.44. The van der Waals surface area contributed by atoms with E-state index in [0.29, 0.717) is 13.0 Å². The first-order valence-electron chi connectivity index (χ1n) is 16.7. The van der Waals surface area contributed by atoms with Crippen LogP contribution in [0.5, 0.6) is 0 Å². The smallest absolute Gasteiger partial charge is 0.303 e. The van der Waals surface area contributed by atoms with Crippen LogP contribution in [-0.4, -0.2) is 54.0 Å². The number of carbonyl (C=O) groups is 1. The third kappa shape index (κ3) is 9.75. The first kappa shape index (κ1) is 36.3. The van der Waals surface area contributed by atoms with E-state index in [1.54, 1.807) is 23.5 Å². The molecule has 2 heterocycles. The number of carboxylic acid groups (broad SMARTS) is 1. The zero-order chi connectivity index (χ0) is 34.0. The molecule has 252 valence electrons. The Morgan fingerprint density at radius 3 is 2.09 bits per heavy atom. The molecular formula is C38H49N2O5S2+. The molecule has 0 amide bonds. The van der Waals surface area contributed by atoms with Crippen LogP contribution < -0.4 is 4.90 Å². The van der Waals surface area contributed by atoms with Crippen molar-refractivity contribution in [3.05, 3.63) is 81.6 Å². The normalized spacial score (nSPS) is 14.4. The second-order valence-electron chi connectivity index (χ2n) is 12.7. The van der Waals surface area contributed by atoms with E-state index in [4.69, 9.17) is 5.11 Å². The van der Waals surface area contributed by atoms with Gasteiger partial charge in [-0.05, 0) is 93.6 Å². The molecule has 9 heteroatoms. The second kappa shape index (κ2) is 16.5. The fourth-order valence-corrected chi connectivity index (χ4v) is 7.35. The average molecular weight is 678 g/mol. The van der Waals surface area contributed by atoms with Gasteiger partial charge >= 0.3 is 5.97 Å². The summed E-state index contributed by atoms with van der Waals surface area (Å²) >= 11 is 1.70. The van der Waals surface area contributed by atoms with Crippen molar-refractivity contribution in [3.8, 4) is 0 Å². The van der Waals surface area contributed by atoms with E-state index in [9.17, 15) is 17.8 Å². The van der Waals surface area contributed by atoms with Gasteiger partial charge in [0.2, 0.25) is 5.69 Å². The van der Waals surface area contributed by atoms with Crippen LogP contribution in [0.1, 0.15) is 99.9 Å². The highest BCUT2D eigenvalue weighted by atomic mass is 32.2. The molecule has 2 N–H and O–H groups in total. The van der Waals surface area contributed by atoms with E-state index in [-0.39, 0.29) is 11.3 Å². The number of hydrogen-bond acceptors (Lipinski definition) is 5. The first-order chi connectivity index (χ1) is 22.4. The van der Waals surface area contributed by atoms with Gasteiger partial charge in [0.1, 0.15) is 6.54 Å². The van der Waals surface area contributed by atoms with Gasteiger partial charge in [-0.1, -0.05) is 44.9 Å². The van der Waals surface area contributed by atoms with Crippen molar-refractivity contribution >= 4 is 62.7 Å². The Morgan fingerprint density at radius 1 is 0.851 bits per heavy atom. The van der Waals surface area contributed by atoms with Gasteiger partial charge in [0.25, 0.3) is 10.1 Å². The van der Waals surface area contributed by atoms with Crippen LogP contribution in [-0.2, 0) is 20.3 Å². The zero-order valence-electron chi connectivity index (χ0n) is 28.1. The Hall–Kier alpha value is -3.53. The third-order valence-corrected chi connectivity index (χ3v) is 10.6. The van der Waals surface area contributed by atoms with Crippen molar-refractivity contribution in [2.75, 3.05) is 24.5 Å². The van der Waals surface area contributed by atoms with E-state index < -0.39 is 21.5 Å². The quantitative estimate of drug-likeness (QED) is 0.0791. The fourth-order valence-electron chi connectivity index (χ4n) is 6.03. The molecule has 3 aromatic rings. The van der Waals surface area contributed by atoms with Gasteiger partial charge in [0, 0.05) is 59.1 Å². The molecule has 0 bridgehead atoms. The highest BCUT2D eigenvalue weighted by molar-refractivity contribution is 7.85. The zero-order valence-corrected chi connectivity index (χ0v) is 29.7. The van der Waals surface area contributed by atoms with Gasteiger partial charge in [-0.3, -0.25) is 9.35 Å². The molecule has 0 fully saturated rings. The SMILES string of the molecule is CCCCN(CCCC)c1ccc(/C=C/c2ccc(/C=C/C3=[N+](CCCCCC(=O)O)c4ccc(S(=O)(=O)O)cc4C3(C)C)s2)cc1. The van der Waals surface area contributed by atoms with Crippen molar-refractivity contribution in [2.24, 2.45) is 0 Å². The van der Waals surface area contributed by atoms with Gasteiger partial charge in [-0.2, -0.15) is 13.0 Å². The molecule has 2 aromatic carbocycles. The predicted octanol–water partition coefficient (Wildman–Crippen LogP) is 9.31. The lowest BCUT2D eigenvalue weighted by molar-refractivity contribution is -0.438. The number of aliphatic carboxylic acids is 1. The summed E-state index contributed by atoms with van der Waals surface area (Å²) in [5, 5.41) is 9.01. The summed E-state index contributed by atoms with van der Waals surface area (Å²) < 4.78 is 35.8. The van der Waals surface area contributed by atoms with Crippen molar-refractivity contribution < 1.29 is 27.4 Å². The minimum absolute atomic E-state index is 0.120. The second-order valence-corrected chi connectivity index (χ2v) is 15.3. The summed E-state index contributed by atoms with van der Waals surface area (Å²) in [6.45, 7) is 11.5. The molecular weight excluding hydrogens is 629 g/mol. The largest absolute Gasteiger partial charge is 0.481 e. The van der Waals surface area contributed by atoms with Crippen molar-refractivity contribution in [3.63, 3.8) is 0 Å². The van der Waals surface area contributed by atoms with Crippen LogP contribution in [0.4, 0.5) is 11.4 Å². The Kier molecular flexibility index (Phi) is 12.8. The number of benzene rings is 2. The van der Waals surface area contributed by atoms with Crippen molar-refractivity contribution in [1.29, 1.82) is 0 Å². The van der Waals surface area contributed by atoms with Gasteiger partial charge < -0.3 is 10.0 Å². The number of allylic oxidation sites excluding steroid dienone is 1. The molecule has 1 aliphatic rings. The summed E-state index contributed by atoms with van der Waals surface area (Å²) in [6.07, 6.45) is 15.6. The monoisotopic (exact) mass is 677 g/mol. The number of unbranched alkanes of at least 4 members (excludes halogenated alkanes) is 4. The molecule has 0 radical (unpaired) electrons. The molecule has 0 unspecified atom stereocenters. The third-order valence-electron chi connectivity index (χ3n) is 8.75. The molecule has 4 rings (SSSR count). The van der Waals surface area contributed by atoms with Crippen molar-refractivity contribution in [2.45, 2.75) is 89.4 Å². The Balaban J connectivity index is 1.51. The van der Waals surface area contributed by atoms with E-state index >= 15 is 0 Å². The summed E-state index contributed by atoms with van der Waals surface area (Å²) in [6, 6.07) is 17.8. The number of rotatable bonds is 18. The van der Waals surface area contributed by atoms with Gasteiger partial charge in [-0.15, -0.1) is 11.3 Å². The molecule has 0 aliphatic carbocycles. The number of thiophene rings is 1. The number of fused-ring (bicyclic) bond motifs is 1. The number of anilines is 1. The average Bonchev–Trinajstić information content (AvgIpc) is 3.57. The van der Waals surface area contributed by atoms with Crippen LogP contribution in [0.15, 0.2) is 65.6 Å². The minimum atomic E-state index is -4.34. The van der Waals surface area contributed by atoms with E-state index in [1.807, 2.05) is 0 Å². The molecule has 0 spiro atoms. The van der Waals surface area contributed by atoms with Crippen LogP contribution in [0, 0.1) is 0 Å². The molecule has 0 saturated carbocycles. The molecule has 7 nitrogen and oxygen atoms in total. The van der Waals surface area contributed by atoms with E-state index in [1.165, 1.54) is 37.4 Å². The van der Waals surface area contributed by atoms with Gasteiger partial charge in [0.05, 0.1) is 10.3 Å². The molecule has 0 atom stereocenters. The van der Waals surface area contributed by atoms with Crippen LogP contribution in [0.3, 0.4) is 0 Å². The fraction of sp³-hybridized carbons (Fsp3) is 0.421. The summed E-state index contributed by atoms with van der Waals surface area (Å²) in [7, 11) is -4.34. The minimum Gasteiger partial charge on any atom is -0.481 e. The number of carboxylic acids is 1. The predicted molar refractivity (Wildman–Crippen MR) is 196 cm³/mol. The van der Waals surface area contributed by atoms with E-state index in [2.05, 4.69) is 97.9 Å². The maximum Gasteiger partial charge on any atom is 0.303 e. The standard InChI is InChI=1S/C38H48N2O5S2/c1-5-7-25-39(26-8-6-2)30-16-13-29(14-17-30)15-18-31-19-20-32(46-31)21-24-36-38(3,4)34-28-33(47(43,44)45)22-23-35(34)40(36)27-11-9-10-12-37(41)42/h13-24,28H,5-12,25-27H2,1-4H3,(H-,41,42,43,44,45)/p+1. The first-order valence-corrected chi connectivity index (χ1v) is 19.0. The molecule has 1 aliphatic heterocycles. The Labute approximate surface area is 284 Å². The lowest BCUT2D eigenvalue weighted by Gasteiger charge is -2.24. The van der Waals surface area contributed by atoms with Crippen LogP contribution >= 0.6 is 11.3 Å². The number of hydrogen-bond donors (Lipinski definition) is 2. The van der Waals surface area contributed by atoms with Crippen molar-refractivity contribution in [1.82, 2.24) is 0 Å². The lowest BCUT2D eigenvalue weighted by Crippen LogP contribution is -2.28. The Morgan fingerprint density at radius 2 is 1.49 bits per heavy atom. The maximum atomic E-state index is 11.9.